The zero-order valence-corrected chi connectivity index (χ0v) is 11.1. The topological polar surface area (TPSA) is 95.7 Å². The number of nitro benzene ring substituents is 1. The van der Waals surface area contributed by atoms with E-state index in [1.807, 2.05) is 0 Å². The molecule has 0 spiro atoms. The summed E-state index contributed by atoms with van der Waals surface area (Å²) in [6.07, 6.45) is -1.20. The van der Waals surface area contributed by atoms with Crippen molar-refractivity contribution in [2.24, 2.45) is 0 Å². The van der Waals surface area contributed by atoms with Crippen LogP contribution in [-0.2, 0) is 9.47 Å². The highest BCUT2D eigenvalue weighted by molar-refractivity contribution is 5.96. The maximum Gasteiger partial charge on any atom is 0.348 e. The van der Waals surface area contributed by atoms with E-state index in [1.54, 1.807) is 24.3 Å². The monoisotopic (exact) mass is 299 g/mol. The number of nitro groups is 1. The molecule has 1 atom stereocenters. The fourth-order valence-corrected chi connectivity index (χ4v) is 2.17. The first-order valence-electron chi connectivity index (χ1n) is 6.32. The van der Waals surface area contributed by atoms with Crippen molar-refractivity contribution in [2.45, 2.75) is 6.29 Å². The third kappa shape index (κ3) is 2.28. The highest BCUT2D eigenvalue weighted by Crippen LogP contribution is 2.32. The number of hydrogen-bond acceptors (Lipinski definition) is 6. The minimum Gasteiger partial charge on any atom is -0.417 e. The molecule has 0 saturated heterocycles. The van der Waals surface area contributed by atoms with Gasteiger partial charge in [-0.05, 0) is 12.1 Å². The number of cyclic esters (lactones) is 1. The van der Waals surface area contributed by atoms with E-state index >= 15 is 0 Å². The summed E-state index contributed by atoms with van der Waals surface area (Å²) in [5.74, 6) is -1.53. The van der Waals surface area contributed by atoms with Gasteiger partial charge in [-0.2, -0.15) is 0 Å². The predicted molar refractivity (Wildman–Crippen MR) is 73.1 cm³/mol. The lowest BCUT2D eigenvalue weighted by molar-refractivity contribution is -0.385. The SMILES string of the molecule is O=C1O[C@H](OC(=O)c2ccccc2[N+](=O)[O-])c2ccccc21. The Kier molecular flexibility index (Phi) is 3.30. The molecule has 7 nitrogen and oxygen atoms in total. The van der Waals surface area contributed by atoms with Gasteiger partial charge in [-0.3, -0.25) is 10.1 Å². The third-order valence-electron chi connectivity index (χ3n) is 3.18. The molecule has 2 aromatic rings. The molecule has 1 aliphatic heterocycles. The normalized spacial score (nSPS) is 15.8. The average Bonchev–Trinajstić information content (AvgIpc) is 2.84. The van der Waals surface area contributed by atoms with Crippen LogP contribution >= 0.6 is 0 Å². The van der Waals surface area contributed by atoms with Gasteiger partial charge in [0.05, 0.1) is 10.5 Å². The molecule has 22 heavy (non-hydrogen) atoms. The van der Waals surface area contributed by atoms with Crippen LogP contribution in [0.5, 0.6) is 0 Å². The highest BCUT2D eigenvalue weighted by Gasteiger charge is 2.34. The molecule has 2 aromatic carbocycles. The first-order chi connectivity index (χ1) is 10.6. The maximum atomic E-state index is 12.1. The summed E-state index contributed by atoms with van der Waals surface area (Å²) in [5.41, 5.74) is 0.153. The highest BCUT2D eigenvalue weighted by atomic mass is 16.7. The second kappa shape index (κ2) is 5.28. The van der Waals surface area contributed by atoms with Crippen molar-refractivity contribution in [3.8, 4) is 0 Å². The van der Waals surface area contributed by atoms with Crippen LogP contribution in [0.4, 0.5) is 5.69 Å². The van der Waals surface area contributed by atoms with E-state index < -0.39 is 23.2 Å². The lowest BCUT2D eigenvalue weighted by Gasteiger charge is -2.12. The van der Waals surface area contributed by atoms with Crippen molar-refractivity contribution in [2.75, 3.05) is 0 Å². The summed E-state index contributed by atoms with van der Waals surface area (Å²) in [5, 5.41) is 10.9. The Morgan fingerprint density at radius 1 is 1.14 bits per heavy atom. The van der Waals surface area contributed by atoms with Crippen molar-refractivity contribution < 1.29 is 24.0 Å². The quantitative estimate of drug-likeness (QED) is 0.491. The fraction of sp³-hybridized carbons (Fsp3) is 0.0667. The van der Waals surface area contributed by atoms with Gasteiger partial charge in [0.25, 0.3) is 12.0 Å². The van der Waals surface area contributed by atoms with E-state index in [2.05, 4.69) is 0 Å². The Morgan fingerprint density at radius 2 is 1.82 bits per heavy atom. The zero-order valence-electron chi connectivity index (χ0n) is 11.1. The number of ether oxygens (including phenoxy) is 2. The minimum atomic E-state index is -1.20. The van der Waals surface area contributed by atoms with Crippen LogP contribution in [0.25, 0.3) is 0 Å². The smallest absolute Gasteiger partial charge is 0.348 e. The largest absolute Gasteiger partial charge is 0.417 e. The first-order valence-corrected chi connectivity index (χ1v) is 6.32. The minimum absolute atomic E-state index is 0.201. The van der Waals surface area contributed by atoms with Crippen LogP contribution in [0.1, 0.15) is 32.6 Å². The van der Waals surface area contributed by atoms with Crippen molar-refractivity contribution in [3.63, 3.8) is 0 Å². The molecule has 0 radical (unpaired) electrons. The number of esters is 2. The van der Waals surface area contributed by atoms with E-state index in [9.17, 15) is 19.7 Å². The van der Waals surface area contributed by atoms with Gasteiger partial charge in [-0.25, -0.2) is 9.59 Å². The van der Waals surface area contributed by atoms with E-state index in [1.165, 1.54) is 24.3 Å². The van der Waals surface area contributed by atoms with Crippen molar-refractivity contribution >= 4 is 17.6 Å². The molecule has 1 aliphatic rings. The van der Waals surface area contributed by atoms with Gasteiger partial charge < -0.3 is 9.47 Å². The molecular formula is C15H9NO6. The van der Waals surface area contributed by atoms with Crippen LogP contribution in [0.2, 0.25) is 0 Å². The number of carbonyl (C=O) groups is 2. The molecule has 0 aromatic heterocycles. The number of hydrogen-bond donors (Lipinski definition) is 0. The molecule has 7 heteroatoms. The second-order valence-electron chi connectivity index (χ2n) is 4.50. The lowest BCUT2D eigenvalue weighted by Crippen LogP contribution is -2.13. The third-order valence-corrected chi connectivity index (χ3v) is 3.18. The summed E-state index contributed by atoms with van der Waals surface area (Å²) in [6, 6.07) is 11.9. The van der Waals surface area contributed by atoms with E-state index in [4.69, 9.17) is 9.47 Å². The van der Waals surface area contributed by atoms with Crippen molar-refractivity contribution in [3.05, 3.63) is 75.3 Å². The van der Waals surface area contributed by atoms with Gasteiger partial charge in [0.15, 0.2) is 0 Å². The molecule has 0 unspecified atom stereocenters. The molecular weight excluding hydrogens is 290 g/mol. The van der Waals surface area contributed by atoms with Gasteiger partial charge in [-0.1, -0.05) is 30.3 Å². The molecule has 0 amide bonds. The van der Waals surface area contributed by atoms with Gasteiger partial charge in [-0.15, -0.1) is 0 Å². The molecule has 0 N–H and O–H groups in total. The summed E-state index contributed by atoms with van der Waals surface area (Å²) in [4.78, 5) is 34.0. The summed E-state index contributed by atoms with van der Waals surface area (Å²) >= 11 is 0. The second-order valence-corrected chi connectivity index (χ2v) is 4.50. The Bertz CT molecular complexity index is 785. The first kappa shape index (κ1) is 13.7. The average molecular weight is 299 g/mol. The van der Waals surface area contributed by atoms with Crippen molar-refractivity contribution in [1.29, 1.82) is 0 Å². The van der Waals surface area contributed by atoms with Crippen LogP contribution in [0.15, 0.2) is 48.5 Å². The molecule has 3 rings (SSSR count). The number of nitrogens with zero attached hydrogens (tertiary/aromatic N) is 1. The summed E-state index contributed by atoms with van der Waals surface area (Å²) < 4.78 is 10.1. The number of rotatable bonds is 3. The van der Waals surface area contributed by atoms with Crippen LogP contribution in [-0.4, -0.2) is 16.9 Å². The van der Waals surface area contributed by atoms with Crippen LogP contribution < -0.4 is 0 Å². The predicted octanol–water partition coefficient (Wildman–Crippen LogP) is 2.62. The molecule has 1 heterocycles. The Labute approximate surface area is 124 Å². The van der Waals surface area contributed by atoms with Gasteiger partial charge in [0, 0.05) is 11.6 Å². The van der Waals surface area contributed by atoms with Gasteiger partial charge in [0.1, 0.15) is 5.56 Å². The molecule has 0 saturated carbocycles. The van der Waals surface area contributed by atoms with E-state index in [-0.39, 0.29) is 11.3 Å². The maximum absolute atomic E-state index is 12.1. The number of benzene rings is 2. The fourth-order valence-electron chi connectivity index (χ4n) is 2.17. The molecule has 0 bridgehead atoms. The van der Waals surface area contributed by atoms with E-state index in [0.29, 0.717) is 11.1 Å². The summed E-state index contributed by atoms with van der Waals surface area (Å²) in [7, 11) is 0. The van der Waals surface area contributed by atoms with Crippen LogP contribution in [0, 0.1) is 10.1 Å². The van der Waals surface area contributed by atoms with Gasteiger partial charge in [0.2, 0.25) is 0 Å². The molecule has 110 valence electrons. The van der Waals surface area contributed by atoms with E-state index in [0.717, 1.165) is 0 Å². The number of fused-ring (bicyclic) bond motifs is 1. The molecule has 0 fully saturated rings. The van der Waals surface area contributed by atoms with Gasteiger partial charge >= 0.3 is 11.9 Å². The Balaban J connectivity index is 1.88. The number of carbonyl (C=O) groups excluding carboxylic acids is 2. The Hall–Kier alpha value is -3.22. The zero-order chi connectivity index (χ0) is 15.7. The van der Waals surface area contributed by atoms with Crippen molar-refractivity contribution in [1.82, 2.24) is 0 Å². The van der Waals surface area contributed by atoms with Crippen LogP contribution in [0.3, 0.4) is 0 Å². The Morgan fingerprint density at radius 3 is 2.59 bits per heavy atom. The standard InChI is InChI=1S/C15H9NO6/c17-13-9-5-1-2-6-10(9)15(21-13)22-14(18)11-7-3-4-8-12(11)16(19)20/h1-8,15H/t15-/m1/s1. The molecule has 0 aliphatic carbocycles. The summed E-state index contributed by atoms with van der Waals surface area (Å²) in [6.45, 7) is 0. The lowest BCUT2D eigenvalue weighted by atomic mass is 10.1. The number of para-hydroxylation sites is 1.